The number of fused-ring (bicyclic) bond motifs is 1. The lowest BCUT2D eigenvalue weighted by Gasteiger charge is -2.16. The molecule has 24 heavy (non-hydrogen) atoms. The minimum Gasteiger partial charge on any atom is -0.446 e. The van der Waals surface area contributed by atoms with Crippen molar-refractivity contribution < 1.29 is 4.74 Å². The predicted octanol–water partition coefficient (Wildman–Crippen LogP) is 4.52. The van der Waals surface area contributed by atoms with E-state index in [0.717, 1.165) is 34.7 Å². The summed E-state index contributed by atoms with van der Waals surface area (Å²) in [6.45, 7) is 2.13. The van der Waals surface area contributed by atoms with Crippen LogP contribution in [0.5, 0.6) is 0 Å². The average Bonchev–Trinajstić information content (AvgIpc) is 3.23. The molecule has 0 spiro atoms. The molecule has 0 fully saturated rings. The summed E-state index contributed by atoms with van der Waals surface area (Å²) in [7, 11) is 0. The van der Waals surface area contributed by atoms with E-state index in [1.807, 2.05) is 30.5 Å². The van der Waals surface area contributed by atoms with Gasteiger partial charge in [0.1, 0.15) is 11.4 Å². The van der Waals surface area contributed by atoms with Gasteiger partial charge in [-0.15, -0.1) is 0 Å². The summed E-state index contributed by atoms with van der Waals surface area (Å²) in [6, 6.07) is 14.6. The molecule has 0 aliphatic carbocycles. The molecule has 2 N–H and O–H groups in total. The number of benzene rings is 1. The topological polar surface area (TPSA) is 49.9 Å². The molecule has 3 heterocycles. The Bertz CT molecular complexity index is 909. The monoisotopic (exact) mass is 317 g/mol. The average molecular weight is 317 g/mol. The standard InChI is InChI=1S/C20H19N3O/c1-14(15-6-3-2-4-7-15)23-19-10-9-17(24-19)12-16-13-22-20-18(16)8-5-11-21-20/h2-8,10-14,23H,9H2,1H3,(H,21,22). The normalized spacial score (nSPS) is 16.9. The van der Waals surface area contributed by atoms with Gasteiger partial charge in [0.25, 0.3) is 0 Å². The summed E-state index contributed by atoms with van der Waals surface area (Å²) in [5, 5.41) is 4.52. The van der Waals surface area contributed by atoms with Crippen LogP contribution < -0.4 is 5.32 Å². The van der Waals surface area contributed by atoms with Crippen LogP contribution in [0, 0.1) is 0 Å². The first kappa shape index (κ1) is 14.6. The number of ether oxygens (including phenoxy) is 1. The Morgan fingerprint density at radius 3 is 2.96 bits per heavy atom. The van der Waals surface area contributed by atoms with Crippen molar-refractivity contribution in [1.82, 2.24) is 15.3 Å². The van der Waals surface area contributed by atoms with Gasteiger partial charge in [-0.05, 0) is 36.8 Å². The maximum atomic E-state index is 5.95. The third-order valence-corrected chi connectivity index (χ3v) is 4.19. The molecule has 0 radical (unpaired) electrons. The Morgan fingerprint density at radius 1 is 1.21 bits per heavy atom. The quantitative estimate of drug-likeness (QED) is 0.744. The number of rotatable bonds is 4. The molecule has 0 saturated carbocycles. The molecular formula is C20H19N3O. The minimum absolute atomic E-state index is 0.203. The van der Waals surface area contributed by atoms with Crippen molar-refractivity contribution in [2.75, 3.05) is 0 Å². The molecule has 4 nitrogen and oxygen atoms in total. The SMILES string of the molecule is CC(NC1=CCC(=Cc2c[nH]c3ncccc23)O1)c1ccccc1. The number of aromatic amines is 1. The maximum Gasteiger partial charge on any atom is 0.189 e. The number of aromatic nitrogens is 2. The molecule has 0 bridgehead atoms. The smallest absolute Gasteiger partial charge is 0.189 e. The molecule has 0 saturated heterocycles. The first-order valence-corrected chi connectivity index (χ1v) is 8.12. The van der Waals surface area contributed by atoms with E-state index in [1.165, 1.54) is 5.56 Å². The van der Waals surface area contributed by atoms with Crippen molar-refractivity contribution in [3.8, 4) is 0 Å². The summed E-state index contributed by atoms with van der Waals surface area (Å²) in [4.78, 5) is 7.50. The van der Waals surface area contributed by atoms with Gasteiger partial charge in [0.05, 0.1) is 6.04 Å². The van der Waals surface area contributed by atoms with Crippen molar-refractivity contribution >= 4 is 17.1 Å². The second-order valence-electron chi connectivity index (χ2n) is 5.91. The molecule has 4 heteroatoms. The van der Waals surface area contributed by atoms with E-state index in [0.29, 0.717) is 0 Å². The summed E-state index contributed by atoms with van der Waals surface area (Å²) in [5.74, 6) is 1.75. The maximum absolute atomic E-state index is 5.95. The Balaban J connectivity index is 1.46. The van der Waals surface area contributed by atoms with Crippen LogP contribution in [-0.2, 0) is 4.74 Å². The summed E-state index contributed by atoms with van der Waals surface area (Å²) in [5.41, 5.74) is 3.23. The van der Waals surface area contributed by atoms with Gasteiger partial charge in [0.15, 0.2) is 5.88 Å². The Kier molecular flexibility index (Phi) is 3.79. The van der Waals surface area contributed by atoms with E-state index in [4.69, 9.17) is 4.74 Å². The highest BCUT2D eigenvalue weighted by molar-refractivity contribution is 5.86. The lowest BCUT2D eigenvalue weighted by Crippen LogP contribution is -2.17. The van der Waals surface area contributed by atoms with Crippen molar-refractivity contribution in [2.24, 2.45) is 0 Å². The van der Waals surface area contributed by atoms with E-state index < -0.39 is 0 Å². The molecule has 1 unspecified atom stereocenters. The molecule has 120 valence electrons. The fourth-order valence-electron chi connectivity index (χ4n) is 2.90. The van der Waals surface area contributed by atoms with E-state index >= 15 is 0 Å². The van der Waals surface area contributed by atoms with Crippen molar-refractivity contribution in [3.63, 3.8) is 0 Å². The molecule has 2 aromatic heterocycles. The minimum atomic E-state index is 0.203. The van der Waals surface area contributed by atoms with Crippen LogP contribution >= 0.6 is 0 Å². The molecule has 1 atom stereocenters. The molecule has 4 rings (SSSR count). The number of nitrogens with zero attached hydrogens (tertiary/aromatic N) is 1. The third kappa shape index (κ3) is 2.91. The van der Waals surface area contributed by atoms with Crippen molar-refractivity contribution in [1.29, 1.82) is 0 Å². The van der Waals surface area contributed by atoms with Crippen LogP contribution in [0.2, 0.25) is 0 Å². The number of pyridine rings is 1. The van der Waals surface area contributed by atoms with Crippen molar-refractivity contribution in [2.45, 2.75) is 19.4 Å². The Labute approximate surface area is 140 Å². The van der Waals surface area contributed by atoms with Crippen LogP contribution in [0.15, 0.2) is 72.6 Å². The lowest BCUT2D eigenvalue weighted by molar-refractivity contribution is 0.285. The van der Waals surface area contributed by atoms with E-state index in [1.54, 1.807) is 6.20 Å². The molecule has 3 aromatic rings. The number of hydrogen-bond donors (Lipinski definition) is 2. The molecule has 1 aliphatic heterocycles. The zero-order chi connectivity index (χ0) is 16.4. The number of allylic oxidation sites excluding steroid dienone is 1. The highest BCUT2D eigenvalue weighted by atomic mass is 16.5. The van der Waals surface area contributed by atoms with Gasteiger partial charge >= 0.3 is 0 Å². The first-order valence-electron chi connectivity index (χ1n) is 8.12. The van der Waals surface area contributed by atoms with Crippen LogP contribution in [0.4, 0.5) is 0 Å². The fraction of sp³-hybridized carbons (Fsp3) is 0.150. The van der Waals surface area contributed by atoms with Gasteiger partial charge in [0, 0.05) is 29.8 Å². The van der Waals surface area contributed by atoms with Gasteiger partial charge < -0.3 is 15.0 Å². The molecule has 1 aliphatic rings. The predicted molar refractivity (Wildman–Crippen MR) is 95.8 cm³/mol. The zero-order valence-corrected chi connectivity index (χ0v) is 13.5. The second-order valence-corrected chi connectivity index (χ2v) is 5.91. The molecule has 0 amide bonds. The van der Waals surface area contributed by atoms with Gasteiger partial charge in [-0.25, -0.2) is 4.98 Å². The van der Waals surface area contributed by atoms with Crippen LogP contribution in [-0.4, -0.2) is 9.97 Å². The number of hydrogen-bond acceptors (Lipinski definition) is 3. The number of H-pyrrole nitrogens is 1. The largest absolute Gasteiger partial charge is 0.446 e. The summed E-state index contributed by atoms with van der Waals surface area (Å²) in [6.07, 6.45) is 8.69. The molecular weight excluding hydrogens is 298 g/mol. The summed E-state index contributed by atoms with van der Waals surface area (Å²) >= 11 is 0. The van der Waals surface area contributed by atoms with Crippen molar-refractivity contribution in [3.05, 3.63) is 83.7 Å². The Morgan fingerprint density at radius 2 is 2.08 bits per heavy atom. The number of nitrogens with one attached hydrogen (secondary N) is 2. The Hall–Kier alpha value is -3.01. The van der Waals surface area contributed by atoms with E-state index in [-0.39, 0.29) is 6.04 Å². The van der Waals surface area contributed by atoms with E-state index in [9.17, 15) is 0 Å². The highest BCUT2D eigenvalue weighted by Crippen LogP contribution is 2.26. The summed E-state index contributed by atoms with van der Waals surface area (Å²) < 4.78 is 5.95. The van der Waals surface area contributed by atoms with Gasteiger partial charge in [-0.3, -0.25) is 0 Å². The third-order valence-electron chi connectivity index (χ3n) is 4.19. The lowest BCUT2D eigenvalue weighted by atomic mass is 10.1. The van der Waals surface area contributed by atoms with Gasteiger partial charge in [-0.2, -0.15) is 0 Å². The van der Waals surface area contributed by atoms with Gasteiger partial charge in [0.2, 0.25) is 0 Å². The van der Waals surface area contributed by atoms with Crippen LogP contribution in [0.3, 0.4) is 0 Å². The molecule has 1 aromatic carbocycles. The van der Waals surface area contributed by atoms with Crippen LogP contribution in [0.1, 0.15) is 30.5 Å². The highest BCUT2D eigenvalue weighted by Gasteiger charge is 2.15. The second kappa shape index (κ2) is 6.24. The van der Waals surface area contributed by atoms with Crippen LogP contribution in [0.25, 0.3) is 17.1 Å². The fourth-order valence-corrected chi connectivity index (χ4v) is 2.90. The first-order chi connectivity index (χ1) is 11.8. The van der Waals surface area contributed by atoms with Gasteiger partial charge in [-0.1, -0.05) is 30.3 Å². The van der Waals surface area contributed by atoms with E-state index in [2.05, 4.69) is 52.6 Å². The zero-order valence-electron chi connectivity index (χ0n) is 13.5.